The van der Waals surface area contributed by atoms with Crippen LogP contribution in [0.15, 0.2) is 5.16 Å². The molecule has 0 aromatic rings. The second kappa shape index (κ2) is 4.37. The summed E-state index contributed by atoms with van der Waals surface area (Å²) >= 11 is 0. The Labute approximate surface area is 126 Å². The molecule has 0 saturated heterocycles. The number of amidine groups is 1. The first-order valence-corrected chi connectivity index (χ1v) is 8.05. The first kappa shape index (κ1) is 14.7. The minimum Gasteiger partial charge on any atom is -0.409 e. The quantitative estimate of drug-likeness (QED) is 0.323. The van der Waals surface area contributed by atoms with Gasteiger partial charge in [0.15, 0.2) is 5.84 Å². The molecule has 0 spiro atoms. The molecule has 0 heterocycles. The number of oxime groups is 1. The highest BCUT2D eigenvalue weighted by Gasteiger charge is 2.61. The van der Waals surface area contributed by atoms with Crippen molar-refractivity contribution in [3.63, 3.8) is 0 Å². The highest BCUT2D eigenvalue weighted by Crippen LogP contribution is 2.62. The summed E-state index contributed by atoms with van der Waals surface area (Å²) in [5, 5.41) is 15.4. The molecule has 0 aromatic heterocycles. The molecule has 3 aliphatic carbocycles. The fourth-order valence-electron chi connectivity index (χ4n) is 5.16. The maximum absolute atomic E-state index is 12.8. The molecule has 0 aliphatic heterocycles. The van der Waals surface area contributed by atoms with E-state index >= 15 is 0 Å². The van der Waals surface area contributed by atoms with Crippen molar-refractivity contribution >= 4 is 11.7 Å². The van der Waals surface area contributed by atoms with Crippen LogP contribution in [0.5, 0.6) is 0 Å². The number of amides is 1. The molecule has 1 amide bonds. The molecule has 3 saturated carbocycles. The lowest BCUT2D eigenvalue weighted by Gasteiger charge is -2.46. The van der Waals surface area contributed by atoms with E-state index in [4.69, 9.17) is 10.9 Å². The molecule has 21 heavy (non-hydrogen) atoms. The Hall–Kier alpha value is -1.26. The van der Waals surface area contributed by atoms with Crippen molar-refractivity contribution in [2.24, 2.45) is 33.1 Å². The van der Waals surface area contributed by atoms with Gasteiger partial charge in [0.1, 0.15) is 5.41 Å². The van der Waals surface area contributed by atoms with Gasteiger partial charge < -0.3 is 16.3 Å². The van der Waals surface area contributed by atoms with E-state index in [1.807, 2.05) is 0 Å². The SMILES string of the molecule is CC12CCC(C1)C(C)(C)C2NC(=O)C1(C(N)=NO)CCC1. The lowest BCUT2D eigenvalue weighted by molar-refractivity contribution is -0.134. The molecule has 5 nitrogen and oxygen atoms in total. The number of nitrogens with one attached hydrogen (secondary N) is 1. The van der Waals surface area contributed by atoms with Crippen LogP contribution in [0.4, 0.5) is 0 Å². The number of fused-ring (bicyclic) bond motifs is 2. The Morgan fingerprint density at radius 3 is 2.38 bits per heavy atom. The Balaban J connectivity index is 1.82. The van der Waals surface area contributed by atoms with Gasteiger partial charge in [0.25, 0.3) is 0 Å². The normalized spacial score (nSPS) is 39.9. The fraction of sp³-hybridized carbons (Fsp3) is 0.875. The van der Waals surface area contributed by atoms with Crippen molar-refractivity contribution < 1.29 is 10.0 Å². The van der Waals surface area contributed by atoms with Gasteiger partial charge in [0, 0.05) is 6.04 Å². The average Bonchev–Trinajstić information content (AvgIpc) is 2.84. The third-order valence-corrected chi connectivity index (χ3v) is 6.78. The molecule has 3 fully saturated rings. The lowest BCUT2D eigenvalue weighted by atomic mass is 9.65. The summed E-state index contributed by atoms with van der Waals surface area (Å²) in [6.07, 6.45) is 5.97. The van der Waals surface area contributed by atoms with Crippen LogP contribution < -0.4 is 11.1 Å². The van der Waals surface area contributed by atoms with Crippen LogP contribution in [-0.4, -0.2) is 23.0 Å². The molecule has 4 N–H and O–H groups in total. The summed E-state index contributed by atoms with van der Waals surface area (Å²) < 4.78 is 0. The zero-order chi connectivity index (χ0) is 15.5. The second-order valence-electron chi connectivity index (χ2n) is 8.24. The molecule has 3 unspecified atom stereocenters. The van der Waals surface area contributed by atoms with Crippen molar-refractivity contribution in [1.82, 2.24) is 5.32 Å². The molecule has 0 aromatic carbocycles. The number of nitrogens with two attached hydrogens (primary N) is 1. The van der Waals surface area contributed by atoms with Gasteiger partial charge in [0.2, 0.25) is 5.91 Å². The largest absolute Gasteiger partial charge is 0.409 e. The lowest BCUT2D eigenvalue weighted by Crippen LogP contribution is -2.60. The van der Waals surface area contributed by atoms with E-state index < -0.39 is 5.41 Å². The van der Waals surface area contributed by atoms with Crippen LogP contribution in [0.25, 0.3) is 0 Å². The van der Waals surface area contributed by atoms with Gasteiger partial charge in [0.05, 0.1) is 0 Å². The topological polar surface area (TPSA) is 87.7 Å². The monoisotopic (exact) mass is 293 g/mol. The minimum atomic E-state index is -0.775. The van der Waals surface area contributed by atoms with Crippen LogP contribution in [0, 0.1) is 22.2 Å². The van der Waals surface area contributed by atoms with Gasteiger partial charge in [-0.15, -0.1) is 0 Å². The van der Waals surface area contributed by atoms with Crippen molar-refractivity contribution in [3.8, 4) is 0 Å². The second-order valence-corrected chi connectivity index (χ2v) is 8.24. The van der Waals surface area contributed by atoms with Gasteiger partial charge in [-0.3, -0.25) is 4.79 Å². The molecule has 118 valence electrons. The van der Waals surface area contributed by atoms with Crippen molar-refractivity contribution in [1.29, 1.82) is 0 Å². The van der Waals surface area contributed by atoms with Crippen molar-refractivity contribution in [2.45, 2.75) is 65.3 Å². The number of hydrogen-bond acceptors (Lipinski definition) is 3. The van der Waals surface area contributed by atoms with E-state index in [9.17, 15) is 4.79 Å². The number of carbonyl (C=O) groups is 1. The summed E-state index contributed by atoms with van der Waals surface area (Å²) in [5.41, 5.74) is 5.35. The Kier molecular flexibility index (Phi) is 3.05. The van der Waals surface area contributed by atoms with E-state index in [-0.39, 0.29) is 28.6 Å². The first-order chi connectivity index (χ1) is 9.76. The summed E-state index contributed by atoms with van der Waals surface area (Å²) in [7, 11) is 0. The van der Waals surface area contributed by atoms with Crippen LogP contribution in [-0.2, 0) is 4.79 Å². The van der Waals surface area contributed by atoms with Gasteiger partial charge in [-0.2, -0.15) is 0 Å². The molecule has 3 rings (SSSR count). The van der Waals surface area contributed by atoms with Crippen LogP contribution in [0.1, 0.15) is 59.3 Å². The number of nitrogens with zero attached hydrogens (tertiary/aromatic N) is 1. The number of carbonyl (C=O) groups excluding carboxylic acids is 1. The third kappa shape index (κ3) is 1.82. The van der Waals surface area contributed by atoms with Crippen LogP contribution in [0.2, 0.25) is 0 Å². The van der Waals surface area contributed by atoms with Gasteiger partial charge >= 0.3 is 0 Å². The number of hydrogen-bond donors (Lipinski definition) is 3. The predicted octanol–water partition coefficient (Wildman–Crippen LogP) is 2.23. The maximum atomic E-state index is 12.8. The third-order valence-electron chi connectivity index (χ3n) is 6.78. The summed E-state index contributed by atoms with van der Waals surface area (Å²) in [5.74, 6) is 0.710. The van der Waals surface area contributed by atoms with Gasteiger partial charge in [-0.05, 0) is 48.9 Å². The van der Waals surface area contributed by atoms with E-state index in [0.29, 0.717) is 18.8 Å². The Morgan fingerprint density at radius 2 is 1.95 bits per heavy atom. The molecule has 3 atom stereocenters. The van der Waals surface area contributed by atoms with E-state index in [0.717, 1.165) is 6.42 Å². The average molecular weight is 293 g/mol. The Bertz CT molecular complexity index is 491. The highest BCUT2D eigenvalue weighted by molar-refractivity contribution is 6.07. The standard InChI is InChI=1S/C16H27N3O2/c1-14(2)10-5-8-15(3,9-10)11(14)18-13(20)16(6-4-7-16)12(17)19-21/h10-11,21H,4-9H2,1-3H3,(H2,17,19)(H,18,20). The van der Waals surface area contributed by atoms with Crippen LogP contribution in [0.3, 0.4) is 0 Å². The maximum Gasteiger partial charge on any atom is 0.234 e. The highest BCUT2D eigenvalue weighted by atomic mass is 16.4. The summed E-state index contributed by atoms with van der Waals surface area (Å²) in [6.45, 7) is 6.83. The first-order valence-electron chi connectivity index (χ1n) is 8.05. The van der Waals surface area contributed by atoms with E-state index in [2.05, 4.69) is 31.2 Å². The summed E-state index contributed by atoms with van der Waals surface area (Å²) in [6, 6.07) is 0.181. The molecular weight excluding hydrogens is 266 g/mol. The number of rotatable bonds is 3. The fourth-order valence-corrected chi connectivity index (χ4v) is 5.16. The Morgan fingerprint density at radius 1 is 1.29 bits per heavy atom. The molecule has 0 radical (unpaired) electrons. The predicted molar refractivity (Wildman–Crippen MR) is 80.9 cm³/mol. The van der Waals surface area contributed by atoms with E-state index in [1.54, 1.807) is 0 Å². The smallest absolute Gasteiger partial charge is 0.234 e. The molecule has 3 aliphatic rings. The van der Waals surface area contributed by atoms with E-state index in [1.165, 1.54) is 19.3 Å². The van der Waals surface area contributed by atoms with Crippen molar-refractivity contribution in [3.05, 3.63) is 0 Å². The van der Waals surface area contributed by atoms with Gasteiger partial charge in [-0.1, -0.05) is 32.3 Å². The summed E-state index contributed by atoms with van der Waals surface area (Å²) in [4.78, 5) is 12.8. The molecule has 2 bridgehead atoms. The van der Waals surface area contributed by atoms with Gasteiger partial charge in [-0.25, -0.2) is 0 Å². The molecule has 5 heteroatoms. The van der Waals surface area contributed by atoms with Crippen LogP contribution >= 0.6 is 0 Å². The van der Waals surface area contributed by atoms with Crippen molar-refractivity contribution in [2.75, 3.05) is 0 Å². The zero-order valence-corrected chi connectivity index (χ0v) is 13.3. The zero-order valence-electron chi connectivity index (χ0n) is 13.3. The minimum absolute atomic E-state index is 0.0455. The molecular formula is C16H27N3O2.